The van der Waals surface area contributed by atoms with E-state index in [4.69, 9.17) is 19.4 Å². The Kier molecular flexibility index (Phi) is 10.3. The van der Waals surface area contributed by atoms with Crippen molar-refractivity contribution in [3.63, 3.8) is 0 Å². The molecule has 6 heteroatoms. The van der Waals surface area contributed by atoms with E-state index in [-0.39, 0.29) is 5.91 Å². The molecule has 0 bridgehead atoms. The molecule has 6 nitrogen and oxygen atoms in total. The normalized spacial score (nSPS) is 10.8. The van der Waals surface area contributed by atoms with Crippen molar-refractivity contribution in [2.75, 3.05) is 20.8 Å². The largest absolute Gasteiger partial charge is 0.497 e. The molecule has 0 saturated carbocycles. The van der Waals surface area contributed by atoms with Crippen LogP contribution in [0.5, 0.6) is 17.2 Å². The van der Waals surface area contributed by atoms with Gasteiger partial charge in [0.05, 0.1) is 20.8 Å². The number of hydrogen-bond acceptors (Lipinski definition) is 5. The molecule has 0 aromatic heterocycles. The van der Waals surface area contributed by atoms with E-state index < -0.39 is 0 Å². The third kappa shape index (κ3) is 8.57. The van der Waals surface area contributed by atoms with Gasteiger partial charge in [0, 0.05) is 12.5 Å². The first kappa shape index (κ1) is 23.3. The zero-order valence-electron chi connectivity index (χ0n) is 17.7. The van der Waals surface area contributed by atoms with E-state index >= 15 is 0 Å². The smallest absolute Gasteiger partial charge is 0.243 e. The number of benzene rings is 2. The number of carbonyl (C=O) groups is 1. The van der Waals surface area contributed by atoms with E-state index in [0.29, 0.717) is 13.0 Å². The number of carbonyl (C=O) groups excluding carboxylic acids is 1. The number of ether oxygens (including phenoxy) is 3. The molecule has 0 heterocycles. The SMILES string of the molecule is COc1cc(/C=C/c2ccc(OCCCCCCCC(=O)NO)cc2)cc(OC)c1. The molecule has 0 aliphatic heterocycles. The average molecular weight is 414 g/mol. The Balaban J connectivity index is 1.71. The van der Waals surface area contributed by atoms with Gasteiger partial charge in [0.25, 0.3) is 0 Å². The highest BCUT2D eigenvalue weighted by Gasteiger charge is 2.00. The molecular weight excluding hydrogens is 382 g/mol. The number of rotatable bonds is 13. The minimum Gasteiger partial charge on any atom is -0.497 e. The van der Waals surface area contributed by atoms with Gasteiger partial charge in [-0.15, -0.1) is 0 Å². The van der Waals surface area contributed by atoms with Gasteiger partial charge in [0.15, 0.2) is 0 Å². The van der Waals surface area contributed by atoms with Crippen LogP contribution >= 0.6 is 0 Å². The van der Waals surface area contributed by atoms with Gasteiger partial charge in [-0.05, 0) is 48.2 Å². The maximum atomic E-state index is 10.9. The summed E-state index contributed by atoms with van der Waals surface area (Å²) in [7, 11) is 3.28. The van der Waals surface area contributed by atoms with Gasteiger partial charge in [-0.3, -0.25) is 10.0 Å². The molecule has 2 aromatic rings. The van der Waals surface area contributed by atoms with Crippen molar-refractivity contribution in [2.24, 2.45) is 0 Å². The summed E-state index contributed by atoms with van der Waals surface area (Å²) in [6.45, 7) is 0.677. The monoisotopic (exact) mass is 413 g/mol. The van der Waals surface area contributed by atoms with Crippen LogP contribution in [-0.2, 0) is 4.79 Å². The van der Waals surface area contributed by atoms with Crippen LogP contribution in [0.4, 0.5) is 0 Å². The fraction of sp³-hybridized carbons (Fsp3) is 0.375. The van der Waals surface area contributed by atoms with Crippen molar-refractivity contribution in [1.82, 2.24) is 5.48 Å². The summed E-state index contributed by atoms with van der Waals surface area (Å²) >= 11 is 0. The lowest BCUT2D eigenvalue weighted by molar-refractivity contribution is -0.129. The summed E-state index contributed by atoms with van der Waals surface area (Å²) in [5.74, 6) is 2.05. The second-order valence-corrected chi connectivity index (χ2v) is 6.95. The molecule has 0 saturated heterocycles. The fourth-order valence-electron chi connectivity index (χ4n) is 2.96. The Morgan fingerprint density at radius 3 is 2.07 bits per heavy atom. The van der Waals surface area contributed by atoms with Crippen LogP contribution in [0.15, 0.2) is 42.5 Å². The molecule has 0 unspecified atom stereocenters. The van der Waals surface area contributed by atoms with Gasteiger partial charge in [-0.25, -0.2) is 5.48 Å². The second-order valence-electron chi connectivity index (χ2n) is 6.95. The number of amides is 1. The van der Waals surface area contributed by atoms with Crippen LogP contribution in [0.25, 0.3) is 12.2 Å². The van der Waals surface area contributed by atoms with Crippen molar-refractivity contribution in [2.45, 2.75) is 38.5 Å². The van der Waals surface area contributed by atoms with E-state index in [1.807, 2.05) is 54.6 Å². The summed E-state index contributed by atoms with van der Waals surface area (Å²) in [6.07, 6.45) is 9.30. The third-order valence-corrected chi connectivity index (χ3v) is 4.66. The summed E-state index contributed by atoms with van der Waals surface area (Å²) in [6, 6.07) is 13.7. The second kappa shape index (κ2) is 13.3. The topological polar surface area (TPSA) is 77.0 Å². The van der Waals surface area contributed by atoms with Crippen molar-refractivity contribution in [3.8, 4) is 17.2 Å². The van der Waals surface area contributed by atoms with E-state index in [1.165, 1.54) is 0 Å². The van der Waals surface area contributed by atoms with Crippen molar-refractivity contribution in [3.05, 3.63) is 53.6 Å². The highest BCUT2D eigenvalue weighted by atomic mass is 16.5. The molecule has 0 fully saturated rings. The van der Waals surface area contributed by atoms with Crippen LogP contribution in [0, 0.1) is 0 Å². The standard InChI is InChI=1S/C24H31NO5/c1-28-22-16-20(17-23(18-22)29-2)10-9-19-11-13-21(14-12-19)30-15-7-5-3-4-6-8-24(26)25-27/h9-14,16-18,27H,3-8,15H2,1-2H3,(H,25,26)/b10-9+. The maximum Gasteiger partial charge on any atom is 0.243 e. The maximum absolute atomic E-state index is 10.9. The zero-order chi connectivity index (χ0) is 21.6. The van der Waals surface area contributed by atoms with Crippen molar-refractivity contribution >= 4 is 18.1 Å². The lowest BCUT2D eigenvalue weighted by atomic mass is 10.1. The predicted octanol–water partition coefficient (Wildman–Crippen LogP) is 5.10. The van der Waals surface area contributed by atoms with Gasteiger partial charge in [-0.2, -0.15) is 0 Å². The number of methoxy groups -OCH3 is 2. The molecular formula is C24H31NO5. The van der Waals surface area contributed by atoms with Crippen molar-refractivity contribution < 1.29 is 24.2 Å². The first-order valence-corrected chi connectivity index (χ1v) is 10.2. The molecule has 0 atom stereocenters. The molecule has 162 valence electrons. The van der Waals surface area contributed by atoms with Gasteiger partial charge in [-0.1, -0.05) is 43.5 Å². The highest BCUT2D eigenvalue weighted by Crippen LogP contribution is 2.24. The van der Waals surface area contributed by atoms with Crippen LogP contribution in [0.1, 0.15) is 49.7 Å². The van der Waals surface area contributed by atoms with Gasteiger partial charge >= 0.3 is 0 Å². The minimum absolute atomic E-state index is 0.320. The number of unbranched alkanes of at least 4 members (excludes halogenated alkanes) is 4. The van der Waals surface area contributed by atoms with Crippen molar-refractivity contribution in [1.29, 1.82) is 0 Å². The van der Waals surface area contributed by atoms with Crippen LogP contribution in [-0.4, -0.2) is 31.9 Å². The highest BCUT2D eigenvalue weighted by molar-refractivity contribution is 5.74. The zero-order valence-corrected chi connectivity index (χ0v) is 17.7. The van der Waals surface area contributed by atoms with Crippen LogP contribution < -0.4 is 19.7 Å². The number of hydroxylamine groups is 1. The summed E-state index contributed by atoms with van der Waals surface area (Å²) in [5.41, 5.74) is 3.73. The molecule has 0 aliphatic rings. The average Bonchev–Trinajstić information content (AvgIpc) is 2.79. The lowest BCUT2D eigenvalue weighted by Gasteiger charge is -2.07. The van der Waals surface area contributed by atoms with Gasteiger partial charge in [0.2, 0.25) is 5.91 Å². The summed E-state index contributed by atoms with van der Waals surface area (Å²) in [5, 5.41) is 8.42. The van der Waals surface area contributed by atoms with E-state index in [1.54, 1.807) is 19.7 Å². The van der Waals surface area contributed by atoms with Gasteiger partial charge < -0.3 is 14.2 Å². The molecule has 1 amide bonds. The predicted molar refractivity (Wildman–Crippen MR) is 118 cm³/mol. The van der Waals surface area contributed by atoms with E-state index in [9.17, 15) is 4.79 Å². The Labute approximate surface area is 178 Å². The minimum atomic E-state index is -0.320. The Hall–Kier alpha value is -2.99. The summed E-state index contributed by atoms with van der Waals surface area (Å²) in [4.78, 5) is 10.9. The Morgan fingerprint density at radius 1 is 0.833 bits per heavy atom. The molecule has 2 N–H and O–H groups in total. The van der Waals surface area contributed by atoms with Crippen LogP contribution in [0.2, 0.25) is 0 Å². The number of nitrogens with one attached hydrogen (secondary N) is 1. The lowest BCUT2D eigenvalue weighted by Crippen LogP contribution is -2.17. The molecule has 2 aromatic carbocycles. The van der Waals surface area contributed by atoms with E-state index in [2.05, 4.69) is 0 Å². The third-order valence-electron chi connectivity index (χ3n) is 4.66. The van der Waals surface area contributed by atoms with E-state index in [0.717, 1.165) is 60.5 Å². The molecule has 0 aliphatic carbocycles. The number of hydrogen-bond donors (Lipinski definition) is 2. The molecule has 0 radical (unpaired) electrons. The Morgan fingerprint density at radius 2 is 1.43 bits per heavy atom. The molecule has 2 rings (SSSR count). The quantitative estimate of drug-likeness (QED) is 0.207. The Bertz CT molecular complexity index is 779. The van der Waals surface area contributed by atoms with Crippen LogP contribution in [0.3, 0.4) is 0 Å². The first-order chi connectivity index (χ1) is 14.6. The summed E-state index contributed by atoms with van der Waals surface area (Å²) < 4.78 is 16.4. The first-order valence-electron chi connectivity index (χ1n) is 10.2. The van der Waals surface area contributed by atoms with Gasteiger partial charge in [0.1, 0.15) is 17.2 Å². The fourth-order valence-corrected chi connectivity index (χ4v) is 2.96. The molecule has 0 spiro atoms. The molecule has 30 heavy (non-hydrogen) atoms.